The third-order valence-electron chi connectivity index (χ3n) is 3.15. The minimum absolute atomic E-state index is 0.131. The van der Waals surface area contributed by atoms with Crippen molar-refractivity contribution in [3.8, 4) is 5.75 Å². The van der Waals surface area contributed by atoms with Crippen LogP contribution in [-0.2, 0) is 11.3 Å². The van der Waals surface area contributed by atoms with E-state index in [-0.39, 0.29) is 6.61 Å². The molecular formula is C14H24N2O3. The van der Waals surface area contributed by atoms with E-state index in [1.54, 1.807) is 14.2 Å². The van der Waals surface area contributed by atoms with Crippen LogP contribution in [0, 0.1) is 13.8 Å². The van der Waals surface area contributed by atoms with E-state index in [0.29, 0.717) is 19.7 Å². The van der Waals surface area contributed by atoms with E-state index >= 15 is 0 Å². The van der Waals surface area contributed by atoms with Gasteiger partial charge in [-0.1, -0.05) is 0 Å². The third kappa shape index (κ3) is 4.45. The molecule has 0 aromatic carbocycles. The van der Waals surface area contributed by atoms with Crippen molar-refractivity contribution in [1.29, 1.82) is 0 Å². The van der Waals surface area contributed by atoms with Crippen LogP contribution < -0.4 is 4.74 Å². The van der Waals surface area contributed by atoms with Crippen LogP contribution in [-0.4, -0.2) is 55.5 Å². The van der Waals surface area contributed by atoms with Crippen molar-refractivity contribution in [3.63, 3.8) is 0 Å². The van der Waals surface area contributed by atoms with E-state index in [1.807, 2.05) is 20.0 Å². The second kappa shape index (κ2) is 8.09. The number of pyridine rings is 1. The molecule has 5 nitrogen and oxygen atoms in total. The first-order valence-electron chi connectivity index (χ1n) is 6.45. The van der Waals surface area contributed by atoms with Gasteiger partial charge in [0.25, 0.3) is 0 Å². The Morgan fingerprint density at radius 2 is 2.00 bits per heavy atom. The molecule has 0 bridgehead atoms. The molecule has 0 radical (unpaired) electrons. The van der Waals surface area contributed by atoms with Crippen molar-refractivity contribution in [2.45, 2.75) is 20.4 Å². The van der Waals surface area contributed by atoms with Crippen molar-refractivity contribution >= 4 is 0 Å². The van der Waals surface area contributed by atoms with Gasteiger partial charge in [-0.25, -0.2) is 0 Å². The summed E-state index contributed by atoms with van der Waals surface area (Å²) in [6, 6.07) is 0. The van der Waals surface area contributed by atoms with Crippen LogP contribution in [0.5, 0.6) is 5.75 Å². The zero-order chi connectivity index (χ0) is 14.3. The molecule has 0 unspecified atom stereocenters. The molecule has 0 aliphatic rings. The Labute approximate surface area is 115 Å². The Kier molecular flexibility index (Phi) is 6.77. The van der Waals surface area contributed by atoms with Crippen molar-refractivity contribution in [1.82, 2.24) is 9.88 Å². The average molecular weight is 268 g/mol. The molecule has 0 fully saturated rings. The van der Waals surface area contributed by atoms with Gasteiger partial charge in [0.2, 0.25) is 0 Å². The number of aromatic nitrogens is 1. The summed E-state index contributed by atoms with van der Waals surface area (Å²) in [5.74, 6) is 0.890. The lowest BCUT2D eigenvalue weighted by Crippen LogP contribution is -2.30. The molecule has 0 aliphatic heterocycles. The molecule has 1 heterocycles. The number of aliphatic hydroxyl groups excluding tert-OH is 1. The second-order valence-electron chi connectivity index (χ2n) is 4.54. The maximum absolute atomic E-state index is 9.10. The number of hydrogen-bond donors (Lipinski definition) is 1. The molecule has 1 aromatic rings. The summed E-state index contributed by atoms with van der Waals surface area (Å²) in [5, 5.41) is 9.10. The summed E-state index contributed by atoms with van der Waals surface area (Å²) in [4.78, 5) is 6.59. The predicted octanol–water partition coefficient (Wildman–Crippen LogP) is 1.15. The highest BCUT2D eigenvalue weighted by molar-refractivity contribution is 5.40. The van der Waals surface area contributed by atoms with E-state index in [1.165, 1.54) is 0 Å². The van der Waals surface area contributed by atoms with Gasteiger partial charge in [-0.2, -0.15) is 0 Å². The fraction of sp³-hybridized carbons (Fsp3) is 0.643. The van der Waals surface area contributed by atoms with Crippen molar-refractivity contribution in [2.24, 2.45) is 0 Å². The van der Waals surface area contributed by atoms with E-state index in [9.17, 15) is 0 Å². The monoisotopic (exact) mass is 268 g/mol. The van der Waals surface area contributed by atoms with E-state index < -0.39 is 0 Å². The van der Waals surface area contributed by atoms with Crippen LogP contribution in [0.25, 0.3) is 0 Å². The van der Waals surface area contributed by atoms with Crippen LogP contribution in [0.4, 0.5) is 0 Å². The standard InChI is InChI=1S/C14H24N2O3/c1-11-9-15-13(12(2)14(11)19-4)10-16(5-7-17)6-8-18-3/h9,17H,5-8,10H2,1-4H3. The Morgan fingerprint density at radius 3 is 2.58 bits per heavy atom. The lowest BCUT2D eigenvalue weighted by molar-refractivity contribution is 0.126. The van der Waals surface area contributed by atoms with E-state index in [0.717, 1.165) is 29.1 Å². The quantitative estimate of drug-likeness (QED) is 0.766. The second-order valence-corrected chi connectivity index (χ2v) is 4.54. The van der Waals surface area contributed by atoms with Gasteiger partial charge in [0.05, 0.1) is 26.0 Å². The normalized spacial score (nSPS) is 11.1. The summed E-state index contributed by atoms with van der Waals surface area (Å²) >= 11 is 0. The molecule has 1 aromatic heterocycles. The van der Waals surface area contributed by atoms with Crippen molar-refractivity contribution in [2.75, 3.05) is 40.5 Å². The number of methoxy groups -OCH3 is 2. The minimum atomic E-state index is 0.131. The maximum atomic E-state index is 9.10. The van der Waals surface area contributed by atoms with Gasteiger partial charge in [-0.15, -0.1) is 0 Å². The molecule has 1 rings (SSSR count). The zero-order valence-electron chi connectivity index (χ0n) is 12.3. The highest BCUT2D eigenvalue weighted by atomic mass is 16.5. The van der Waals surface area contributed by atoms with Gasteiger partial charge < -0.3 is 14.6 Å². The number of hydrogen-bond acceptors (Lipinski definition) is 5. The summed E-state index contributed by atoms with van der Waals surface area (Å²) in [6.45, 7) is 6.84. The minimum Gasteiger partial charge on any atom is -0.496 e. The summed E-state index contributed by atoms with van der Waals surface area (Å²) in [7, 11) is 3.35. The Bertz CT molecular complexity index is 397. The van der Waals surface area contributed by atoms with Gasteiger partial charge in [0.15, 0.2) is 0 Å². The molecular weight excluding hydrogens is 244 g/mol. The fourth-order valence-electron chi connectivity index (χ4n) is 2.07. The summed E-state index contributed by atoms with van der Waals surface area (Å²) in [6.07, 6.45) is 1.83. The Balaban J connectivity index is 2.83. The first-order valence-corrected chi connectivity index (χ1v) is 6.45. The maximum Gasteiger partial charge on any atom is 0.128 e. The topological polar surface area (TPSA) is 54.8 Å². The largest absolute Gasteiger partial charge is 0.496 e. The van der Waals surface area contributed by atoms with Crippen LogP contribution in [0.2, 0.25) is 0 Å². The molecule has 19 heavy (non-hydrogen) atoms. The molecule has 0 saturated heterocycles. The Hall–Kier alpha value is -1.17. The zero-order valence-corrected chi connectivity index (χ0v) is 12.3. The van der Waals surface area contributed by atoms with Crippen LogP contribution in [0.1, 0.15) is 16.8 Å². The summed E-state index contributed by atoms with van der Waals surface area (Å²) < 4.78 is 10.5. The average Bonchev–Trinajstić information content (AvgIpc) is 2.40. The van der Waals surface area contributed by atoms with Gasteiger partial charge in [-0.3, -0.25) is 9.88 Å². The first kappa shape index (κ1) is 15.9. The fourth-order valence-corrected chi connectivity index (χ4v) is 2.07. The molecule has 1 N–H and O–H groups in total. The predicted molar refractivity (Wildman–Crippen MR) is 74.5 cm³/mol. The number of aliphatic hydroxyl groups is 1. The highest BCUT2D eigenvalue weighted by Crippen LogP contribution is 2.24. The smallest absolute Gasteiger partial charge is 0.128 e. The van der Waals surface area contributed by atoms with Gasteiger partial charge >= 0.3 is 0 Å². The Morgan fingerprint density at radius 1 is 1.26 bits per heavy atom. The molecule has 108 valence electrons. The lowest BCUT2D eigenvalue weighted by Gasteiger charge is -2.22. The van der Waals surface area contributed by atoms with Gasteiger partial charge in [0, 0.05) is 44.1 Å². The lowest BCUT2D eigenvalue weighted by atomic mass is 10.1. The summed E-state index contributed by atoms with van der Waals surface area (Å²) in [5.41, 5.74) is 3.07. The van der Waals surface area contributed by atoms with Crippen molar-refractivity contribution < 1.29 is 14.6 Å². The van der Waals surface area contributed by atoms with Crippen LogP contribution in [0.3, 0.4) is 0 Å². The molecule has 0 spiro atoms. The van der Waals surface area contributed by atoms with E-state index in [4.69, 9.17) is 14.6 Å². The highest BCUT2D eigenvalue weighted by Gasteiger charge is 2.13. The van der Waals surface area contributed by atoms with Gasteiger partial charge in [0.1, 0.15) is 5.75 Å². The number of rotatable bonds is 8. The van der Waals surface area contributed by atoms with E-state index in [2.05, 4.69) is 9.88 Å². The van der Waals surface area contributed by atoms with Crippen LogP contribution in [0.15, 0.2) is 6.20 Å². The molecule has 0 atom stereocenters. The molecule has 0 amide bonds. The molecule has 5 heteroatoms. The molecule has 0 saturated carbocycles. The first-order chi connectivity index (χ1) is 9.13. The van der Waals surface area contributed by atoms with Crippen molar-refractivity contribution in [3.05, 3.63) is 23.0 Å². The number of ether oxygens (including phenoxy) is 2. The van der Waals surface area contributed by atoms with Gasteiger partial charge in [-0.05, 0) is 13.8 Å². The number of aryl methyl sites for hydroxylation is 1. The molecule has 0 aliphatic carbocycles. The SMILES string of the molecule is COCCN(CCO)Cc1ncc(C)c(OC)c1C. The number of nitrogens with zero attached hydrogens (tertiary/aromatic N) is 2. The van der Waals surface area contributed by atoms with Crippen LogP contribution >= 0.6 is 0 Å². The third-order valence-corrected chi connectivity index (χ3v) is 3.15.